The molecule has 0 aromatic carbocycles. The van der Waals surface area contributed by atoms with Gasteiger partial charge in [-0.2, -0.15) is 0 Å². The molecule has 2 unspecified atom stereocenters. The third kappa shape index (κ3) is 44.3. The molecule has 6 heteroatoms. The fraction of sp³-hybridized carbons (Fsp3) is 0.943. The average Bonchev–Trinajstić information content (AvgIpc) is 3.22. The fourth-order valence-corrected chi connectivity index (χ4v) is 7.87. The molecule has 6 nitrogen and oxygen atoms in total. The molecule has 0 aromatic heterocycles. The van der Waals surface area contributed by atoms with E-state index in [9.17, 15) is 14.4 Å². The van der Waals surface area contributed by atoms with Crippen LogP contribution >= 0.6 is 0 Å². The van der Waals surface area contributed by atoms with E-state index in [0.717, 1.165) is 75.5 Å². The van der Waals surface area contributed by atoms with E-state index < -0.39 is 6.10 Å². The number of carbonyl (C=O) groups is 3. The smallest absolute Gasteiger partial charge is 0.306 e. The lowest BCUT2D eigenvalue weighted by molar-refractivity contribution is -0.167. The average molecular weight is 835 g/mol. The molecule has 0 fully saturated rings. The van der Waals surface area contributed by atoms with Crippen molar-refractivity contribution in [1.29, 1.82) is 0 Å². The molecule has 0 aromatic rings. The summed E-state index contributed by atoms with van der Waals surface area (Å²) in [5.41, 5.74) is 0. The van der Waals surface area contributed by atoms with Crippen LogP contribution in [0.3, 0.4) is 0 Å². The zero-order valence-electron chi connectivity index (χ0n) is 40.5. The summed E-state index contributed by atoms with van der Waals surface area (Å²) in [4.78, 5) is 38.0. The van der Waals surface area contributed by atoms with E-state index >= 15 is 0 Å². The van der Waals surface area contributed by atoms with E-state index in [1.807, 2.05) is 0 Å². The van der Waals surface area contributed by atoms with E-state index in [-0.39, 0.29) is 31.1 Å². The normalized spacial score (nSPS) is 13.1. The minimum Gasteiger partial charge on any atom is -0.462 e. The summed E-state index contributed by atoms with van der Waals surface area (Å²) in [6.45, 7) is 13.8. The van der Waals surface area contributed by atoms with Gasteiger partial charge in [-0.15, -0.1) is 0 Å². The molecule has 0 spiro atoms. The van der Waals surface area contributed by atoms with E-state index in [1.54, 1.807) is 0 Å². The molecule has 0 aliphatic carbocycles. The van der Waals surface area contributed by atoms with Crippen LogP contribution in [0.2, 0.25) is 0 Å². The fourth-order valence-electron chi connectivity index (χ4n) is 7.87. The van der Waals surface area contributed by atoms with Crippen molar-refractivity contribution in [2.45, 2.75) is 292 Å². The Bertz CT molecular complexity index is 918. The number of unbranched alkanes of at least 4 members (excludes halogenated alkanes) is 27. The molecule has 0 aliphatic heterocycles. The molecule has 0 N–H and O–H groups in total. The summed E-state index contributed by atoms with van der Waals surface area (Å²) in [7, 11) is 0. The summed E-state index contributed by atoms with van der Waals surface area (Å²) < 4.78 is 16.8. The van der Waals surface area contributed by atoms with Gasteiger partial charge < -0.3 is 14.2 Å². The first kappa shape index (κ1) is 57.4. The molecule has 0 bridgehead atoms. The van der Waals surface area contributed by atoms with Gasteiger partial charge in [-0.05, 0) is 37.0 Å². The van der Waals surface area contributed by atoms with Crippen LogP contribution < -0.4 is 0 Å². The Labute approximate surface area is 368 Å². The van der Waals surface area contributed by atoms with Crippen LogP contribution in [0.25, 0.3) is 0 Å². The van der Waals surface area contributed by atoms with Crippen LogP contribution in [-0.4, -0.2) is 37.2 Å². The summed E-state index contributed by atoms with van der Waals surface area (Å²) in [5, 5.41) is 0. The predicted molar refractivity (Wildman–Crippen MR) is 252 cm³/mol. The Hall–Kier alpha value is -1.59. The molecule has 0 amide bonds. The van der Waals surface area contributed by atoms with Gasteiger partial charge in [-0.25, -0.2) is 0 Å². The minimum absolute atomic E-state index is 0.0649. The van der Waals surface area contributed by atoms with Crippen molar-refractivity contribution >= 4 is 17.9 Å². The molecule has 350 valence electrons. The van der Waals surface area contributed by atoms with Gasteiger partial charge in [0, 0.05) is 19.3 Å². The maximum Gasteiger partial charge on any atom is 0.306 e. The molecule has 0 heterocycles. The Morgan fingerprint density at radius 2 is 0.593 bits per heavy atom. The second-order valence-corrected chi connectivity index (χ2v) is 19.1. The van der Waals surface area contributed by atoms with Crippen molar-refractivity contribution in [3.8, 4) is 0 Å². The van der Waals surface area contributed by atoms with Gasteiger partial charge in [0.05, 0.1) is 0 Å². The highest BCUT2D eigenvalue weighted by Gasteiger charge is 2.19. The number of hydrogen-bond donors (Lipinski definition) is 0. The predicted octanol–water partition coefficient (Wildman–Crippen LogP) is 16.8. The zero-order chi connectivity index (χ0) is 43.4. The number of rotatable bonds is 46. The highest BCUT2D eigenvalue weighted by atomic mass is 16.6. The van der Waals surface area contributed by atoms with E-state index in [2.05, 4.69) is 41.5 Å². The van der Waals surface area contributed by atoms with Crippen molar-refractivity contribution < 1.29 is 28.6 Å². The SMILES string of the molecule is CCC(C)CCCCCCCCCCCCC(=O)O[C@@H](COC(=O)CCCCCCCCCCCCCCC(C)C)COC(=O)CCCCCCCCCCC(C)CC. The minimum atomic E-state index is -0.763. The maximum atomic E-state index is 12.8. The largest absolute Gasteiger partial charge is 0.462 e. The highest BCUT2D eigenvalue weighted by molar-refractivity contribution is 5.71. The summed E-state index contributed by atoms with van der Waals surface area (Å²) in [6, 6.07) is 0. The second kappa shape index (κ2) is 44.5. The number of esters is 3. The quantitative estimate of drug-likeness (QED) is 0.0345. The van der Waals surface area contributed by atoms with Crippen LogP contribution in [0.4, 0.5) is 0 Å². The van der Waals surface area contributed by atoms with E-state index in [0.29, 0.717) is 19.3 Å². The van der Waals surface area contributed by atoms with Gasteiger partial charge in [0.15, 0.2) is 6.10 Å². The van der Waals surface area contributed by atoms with Gasteiger partial charge in [-0.3, -0.25) is 14.4 Å². The van der Waals surface area contributed by atoms with Gasteiger partial charge >= 0.3 is 17.9 Å². The van der Waals surface area contributed by atoms with Gasteiger partial charge in [0.25, 0.3) is 0 Å². The summed E-state index contributed by atoms with van der Waals surface area (Å²) in [5.74, 6) is 1.70. The van der Waals surface area contributed by atoms with Crippen molar-refractivity contribution in [2.75, 3.05) is 13.2 Å². The van der Waals surface area contributed by atoms with Crippen LogP contribution in [0.5, 0.6) is 0 Å². The lowest BCUT2D eigenvalue weighted by atomic mass is 9.99. The Balaban J connectivity index is 4.34. The van der Waals surface area contributed by atoms with Crippen molar-refractivity contribution in [2.24, 2.45) is 17.8 Å². The van der Waals surface area contributed by atoms with Gasteiger partial charge in [0.1, 0.15) is 13.2 Å². The Morgan fingerprint density at radius 1 is 0.339 bits per heavy atom. The number of ether oxygens (including phenoxy) is 3. The third-order valence-electron chi connectivity index (χ3n) is 12.6. The van der Waals surface area contributed by atoms with Crippen LogP contribution in [-0.2, 0) is 28.6 Å². The zero-order valence-corrected chi connectivity index (χ0v) is 40.5. The molecule has 0 saturated carbocycles. The van der Waals surface area contributed by atoms with Crippen LogP contribution in [0.1, 0.15) is 286 Å². The Morgan fingerprint density at radius 3 is 0.881 bits per heavy atom. The van der Waals surface area contributed by atoms with Gasteiger partial charge in [-0.1, -0.05) is 247 Å². The molecule has 0 aliphatic rings. The first-order valence-electron chi connectivity index (χ1n) is 26.2. The van der Waals surface area contributed by atoms with Crippen molar-refractivity contribution in [3.63, 3.8) is 0 Å². The Kier molecular flexibility index (Phi) is 43.3. The third-order valence-corrected chi connectivity index (χ3v) is 12.6. The molecular weight excluding hydrogens is 733 g/mol. The van der Waals surface area contributed by atoms with E-state index in [1.165, 1.54) is 167 Å². The molecule has 0 radical (unpaired) electrons. The standard InChI is InChI=1S/C53H102O6/c1-7-48(5)40-34-28-22-16-13-14-18-26-32-38-44-53(56)59-50(46-58-52(55)43-37-31-25-20-19-23-29-35-41-49(6)8-2)45-57-51(54)42-36-30-24-17-12-10-9-11-15-21-27-33-39-47(3)4/h47-50H,7-46H2,1-6H3/t48?,49?,50-/m0/s1. The molecule has 3 atom stereocenters. The lowest BCUT2D eigenvalue weighted by Gasteiger charge is -2.18. The van der Waals surface area contributed by atoms with Crippen LogP contribution in [0, 0.1) is 17.8 Å². The summed E-state index contributed by atoms with van der Waals surface area (Å²) >= 11 is 0. The lowest BCUT2D eigenvalue weighted by Crippen LogP contribution is -2.30. The first-order valence-corrected chi connectivity index (χ1v) is 26.2. The van der Waals surface area contributed by atoms with Crippen molar-refractivity contribution in [1.82, 2.24) is 0 Å². The second-order valence-electron chi connectivity index (χ2n) is 19.1. The number of carbonyl (C=O) groups excluding carboxylic acids is 3. The molecule has 59 heavy (non-hydrogen) atoms. The maximum absolute atomic E-state index is 12.8. The molecule has 0 saturated heterocycles. The molecule has 0 rings (SSSR count). The first-order chi connectivity index (χ1) is 28.7. The van der Waals surface area contributed by atoms with Gasteiger partial charge in [0.2, 0.25) is 0 Å². The number of hydrogen-bond acceptors (Lipinski definition) is 6. The monoisotopic (exact) mass is 835 g/mol. The molecular formula is C53H102O6. The van der Waals surface area contributed by atoms with Crippen LogP contribution in [0.15, 0.2) is 0 Å². The summed E-state index contributed by atoms with van der Waals surface area (Å²) in [6.07, 6.45) is 43.6. The topological polar surface area (TPSA) is 78.9 Å². The van der Waals surface area contributed by atoms with Crippen molar-refractivity contribution in [3.05, 3.63) is 0 Å². The van der Waals surface area contributed by atoms with E-state index in [4.69, 9.17) is 14.2 Å². The highest BCUT2D eigenvalue weighted by Crippen LogP contribution is 2.18.